The zero-order chi connectivity index (χ0) is 29.6. The molecule has 0 aliphatic rings. The molecular weight excluding hydrogens is 595 g/mol. The van der Waals surface area contributed by atoms with E-state index >= 15 is 0 Å². The van der Waals surface area contributed by atoms with E-state index in [0.29, 0.717) is 33.6 Å². The van der Waals surface area contributed by atoms with E-state index in [-0.39, 0.29) is 23.3 Å². The molecule has 0 aliphatic carbocycles. The minimum atomic E-state index is -0.438. The second-order valence-electron chi connectivity index (χ2n) is 8.89. The normalized spacial score (nSPS) is 10.9. The van der Waals surface area contributed by atoms with Gasteiger partial charge in [-0.3, -0.25) is 9.59 Å². The first kappa shape index (κ1) is 29.1. The molecule has 2 heterocycles. The molecule has 14 heteroatoms. The summed E-state index contributed by atoms with van der Waals surface area (Å²) < 4.78 is 8.15. The van der Waals surface area contributed by atoms with Gasteiger partial charge in [0.1, 0.15) is 0 Å². The van der Waals surface area contributed by atoms with Gasteiger partial charge in [0.2, 0.25) is 11.8 Å². The number of ether oxygens (including phenoxy) is 1. The van der Waals surface area contributed by atoms with Gasteiger partial charge in [0.05, 0.1) is 34.4 Å². The molecule has 5 aromatic rings. The number of carbonyl (C=O) groups excluding carboxylic acids is 3. The van der Waals surface area contributed by atoms with Crippen LogP contribution in [0.3, 0.4) is 0 Å². The quantitative estimate of drug-likeness (QED) is 0.111. The molecule has 42 heavy (non-hydrogen) atoms. The van der Waals surface area contributed by atoms with Crippen molar-refractivity contribution in [1.82, 2.24) is 19.7 Å². The van der Waals surface area contributed by atoms with Crippen molar-refractivity contribution < 1.29 is 19.1 Å². The van der Waals surface area contributed by atoms with Gasteiger partial charge in [-0.2, -0.15) is 0 Å². The molecule has 5 rings (SSSR count). The summed E-state index contributed by atoms with van der Waals surface area (Å²) >= 11 is 4.06. The van der Waals surface area contributed by atoms with E-state index in [0.717, 1.165) is 20.1 Å². The van der Waals surface area contributed by atoms with E-state index in [4.69, 9.17) is 5.73 Å². The van der Waals surface area contributed by atoms with Crippen LogP contribution < -0.4 is 16.4 Å². The molecule has 0 unspecified atom stereocenters. The lowest BCUT2D eigenvalue weighted by Crippen LogP contribution is -2.14. The number of methoxy groups -OCH3 is 1. The number of benzene rings is 3. The standard InChI is InChI=1S/C28H25N7O4S3/c1-35-25(16-3-7-18(29)8-4-16)33-34-27(35)40-14-23(36)31-20-11-12-21-22(13-20)42-28(32-21)41-15-24(37)30-19-9-5-17(6-10-19)26(38)39-2/h3-13H,14-15,29H2,1-2H3,(H,30,37)(H,31,36). The van der Waals surface area contributed by atoms with Crippen LogP contribution in [-0.2, 0) is 21.4 Å². The average molecular weight is 620 g/mol. The van der Waals surface area contributed by atoms with Crippen molar-refractivity contribution in [1.29, 1.82) is 0 Å². The molecule has 11 nitrogen and oxygen atoms in total. The third-order valence-electron chi connectivity index (χ3n) is 5.91. The molecule has 0 saturated heterocycles. The molecule has 2 aromatic heterocycles. The number of aromatic nitrogens is 4. The van der Waals surface area contributed by atoms with Crippen LogP contribution in [0.1, 0.15) is 10.4 Å². The third kappa shape index (κ3) is 7.08. The molecule has 0 fully saturated rings. The fourth-order valence-corrected chi connectivity index (χ4v) is 6.44. The van der Waals surface area contributed by atoms with E-state index in [1.54, 1.807) is 42.5 Å². The molecule has 2 amide bonds. The topological polar surface area (TPSA) is 154 Å². The maximum absolute atomic E-state index is 12.7. The fraction of sp³-hybridized carbons (Fsp3) is 0.143. The van der Waals surface area contributed by atoms with Gasteiger partial charge < -0.3 is 25.7 Å². The first-order valence-corrected chi connectivity index (χ1v) is 15.3. The van der Waals surface area contributed by atoms with Crippen LogP contribution >= 0.6 is 34.9 Å². The molecule has 0 bridgehead atoms. The largest absolute Gasteiger partial charge is 0.465 e. The van der Waals surface area contributed by atoms with Gasteiger partial charge in [-0.25, -0.2) is 9.78 Å². The van der Waals surface area contributed by atoms with Crippen LogP contribution in [-0.4, -0.2) is 56.1 Å². The lowest BCUT2D eigenvalue weighted by molar-refractivity contribution is -0.114. The number of fused-ring (bicyclic) bond motifs is 1. The Morgan fingerprint density at radius 3 is 2.29 bits per heavy atom. The summed E-state index contributed by atoms with van der Waals surface area (Å²) in [5.41, 5.74) is 9.74. The number of anilines is 3. The van der Waals surface area contributed by atoms with Crippen LogP contribution in [0.15, 0.2) is 76.2 Å². The summed E-state index contributed by atoms with van der Waals surface area (Å²) in [7, 11) is 3.17. The molecule has 3 aromatic carbocycles. The lowest BCUT2D eigenvalue weighted by Gasteiger charge is -2.06. The van der Waals surface area contributed by atoms with E-state index in [9.17, 15) is 14.4 Å². The lowest BCUT2D eigenvalue weighted by atomic mass is 10.2. The first-order chi connectivity index (χ1) is 20.3. The maximum Gasteiger partial charge on any atom is 0.337 e. The highest BCUT2D eigenvalue weighted by atomic mass is 32.2. The van der Waals surface area contributed by atoms with Crippen molar-refractivity contribution in [3.8, 4) is 11.4 Å². The summed E-state index contributed by atoms with van der Waals surface area (Å²) in [6, 6.07) is 19.3. The molecule has 0 saturated carbocycles. The Morgan fingerprint density at radius 2 is 1.57 bits per heavy atom. The van der Waals surface area contributed by atoms with Crippen molar-refractivity contribution in [3.63, 3.8) is 0 Å². The maximum atomic E-state index is 12.7. The fourth-order valence-electron chi connectivity index (χ4n) is 3.83. The van der Waals surface area contributed by atoms with Gasteiger partial charge in [0.15, 0.2) is 15.3 Å². The predicted molar refractivity (Wildman–Crippen MR) is 167 cm³/mol. The van der Waals surface area contributed by atoms with E-state index in [1.165, 1.54) is 42.0 Å². The molecule has 0 atom stereocenters. The number of thiazole rings is 1. The molecule has 4 N–H and O–H groups in total. The van der Waals surface area contributed by atoms with Gasteiger partial charge in [-0.15, -0.1) is 21.5 Å². The Morgan fingerprint density at radius 1 is 0.905 bits per heavy atom. The van der Waals surface area contributed by atoms with Gasteiger partial charge in [0.25, 0.3) is 0 Å². The summed E-state index contributed by atoms with van der Waals surface area (Å²) in [4.78, 5) is 41.2. The van der Waals surface area contributed by atoms with Crippen molar-refractivity contribution in [3.05, 3.63) is 72.3 Å². The highest BCUT2D eigenvalue weighted by Gasteiger charge is 2.14. The highest BCUT2D eigenvalue weighted by molar-refractivity contribution is 8.01. The van der Waals surface area contributed by atoms with Gasteiger partial charge >= 0.3 is 5.97 Å². The van der Waals surface area contributed by atoms with Crippen molar-refractivity contribution in [2.24, 2.45) is 7.05 Å². The van der Waals surface area contributed by atoms with Crippen molar-refractivity contribution in [2.45, 2.75) is 9.50 Å². The van der Waals surface area contributed by atoms with Gasteiger partial charge in [-0.05, 0) is 66.7 Å². The smallest absolute Gasteiger partial charge is 0.337 e. The Kier molecular flexibility index (Phi) is 9.05. The van der Waals surface area contributed by atoms with E-state index in [1.807, 2.05) is 35.9 Å². The summed E-state index contributed by atoms with van der Waals surface area (Å²) in [6.45, 7) is 0. The molecular formula is C28H25N7O4S3. The van der Waals surface area contributed by atoms with Crippen molar-refractivity contribution in [2.75, 3.05) is 35.0 Å². The number of thioether (sulfide) groups is 2. The number of hydrogen-bond acceptors (Lipinski definition) is 11. The minimum absolute atomic E-state index is 0.163. The molecule has 0 aliphatic heterocycles. The number of nitrogens with two attached hydrogens (primary N) is 1. The average Bonchev–Trinajstić information content (AvgIpc) is 3.57. The summed E-state index contributed by atoms with van der Waals surface area (Å²) in [5.74, 6) is 0.213. The van der Waals surface area contributed by atoms with Gasteiger partial charge in [0, 0.05) is 29.7 Å². The zero-order valence-corrected chi connectivity index (χ0v) is 24.9. The Hall–Kier alpha value is -4.40. The summed E-state index contributed by atoms with van der Waals surface area (Å²) in [6.07, 6.45) is 0. The summed E-state index contributed by atoms with van der Waals surface area (Å²) in [5, 5.41) is 14.8. The van der Waals surface area contributed by atoms with Crippen LogP contribution in [0.4, 0.5) is 17.1 Å². The number of hydrogen-bond donors (Lipinski definition) is 3. The number of amides is 2. The number of rotatable bonds is 10. The first-order valence-electron chi connectivity index (χ1n) is 12.5. The number of nitrogen functional groups attached to an aromatic ring is 1. The number of nitrogens with zero attached hydrogens (tertiary/aromatic N) is 4. The number of carbonyl (C=O) groups is 3. The third-order valence-corrected chi connectivity index (χ3v) is 9.09. The van der Waals surface area contributed by atoms with E-state index in [2.05, 4.69) is 30.6 Å². The van der Waals surface area contributed by atoms with Crippen LogP contribution in [0.25, 0.3) is 21.6 Å². The van der Waals surface area contributed by atoms with Gasteiger partial charge in [-0.1, -0.05) is 23.5 Å². The Balaban J connectivity index is 1.12. The molecule has 0 radical (unpaired) electrons. The molecule has 0 spiro atoms. The SMILES string of the molecule is COC(=O)c1ccc(NC(=O)CSc2nc3ccc(NC(=O)CSc4nnc(-c5ccc(N)cc5)n4C)cc3s2)cc1. The zero-order valence-electron chi connectivity index (χ0n) is 22.5. The predicted octanol–water partition coefficient (Wildman–Crippen LogP) is 4.92. The second-order valence-corrected chi connectivity index (χ2v) is 12.1. The van der Waals surface area contributed by atoms with E-state index < -0.39 is 5.97 Å². The van der Waals surface area contributed by atoms with Crippen LogP contribution in [0, 0.1) is 0 Å². The Bertz CT molecular complexity index is 1750. The second kappa shape index (κ2) is 13.1. The monoisotopic (exact) mass is 619 g/mol. The van der Waals surface area contributed by atoms with Crippen LogP contribution in [0.5, 0.6) is 0 Å². The minimum Gasteiger partial charge on any atom is -0.465 e. The number of esters is 1. The van der Waals surface area contributed by atoms with Crippen LogP contribution in [0.2, 0.25) is 0 Å². The molecule has 214 valence electrons. The number of nitrogens with one attached hydrogen (secondary N) is 2. The highest BCUT2D eigenvalue weighted by Crippen LogP contribution is 2.31. The van der Waals surface area contributed by atoms with Crippen molar-refractivity contribution >= 4 is 79.9 Å². The Labute approximate surface area is 253 Å².